The van der Waals surface area contributed by atoms with Crippen molar-refractivity contribution in [1.29, 1.82) is 5.41 Å². The average molecular weight is 380 g/mol. The molecule has 2 aromatic rings. The molecule has 0 aliphatic heterocycles. The van der Waals surface area contributed by atoms with Crippen LogP contribution in [0.25, 0.3) is 0 Å². The van der Waals surface area contributed by atoms with Crippen molar-refractivity contribution in [3.8, 4) is 5.75 Å². The quantitative estimate of drug-likeness (QED) is 0.473. The van der Waals surface area contributed by atoms with Crippen LogP contribution in [0.5, 0.6) is 5.75 Å². The summed E-state index contributed by atoms with van der Waals surface area (Å²) in [5, 5.41) is 18.9. The number of aromatic nitrogens is 1. The number of ether oxygens (including phenoxy) is 1. The predicted octanol–water partition coefficient (Wildman–Crippen LogP) is 2.92. The van der Waals surface area contributed by atoms with Gasteiger partial charge in [-0.05, 0) is 47.1 Å². The summed E-state index contributed by atoms with van der Waals surface area (Å²) in [5.74, 6) is -0.196. The highest BCUT2D eigenvalue weighted by atomic mass is 79.9. The lowest BCUT2D eigenvalue weighted by molar-refractivity contribution is -0.385. The van der Waals surface area contributed by atoms with Crippen LogP contribution in [0.1, 0.15) is 17.3 Å². The standard InChI is InChI=1S/C15H14BrN3O4/c1-2-23-14-5-3-10(7-12(14)19(21)22)13(20)9-18-8-11(16)4-6-15(18)17/h3-8,17H,2,9H2,1H3. The molecule has 8 heteroatoms. The Bertz CT molecular complexity index is 817. The molecule has 1 heterocycles. The molecule has 1 N–H and O–H groups in total. The number of nitro benzene ring substituents is 1. The number of nitrogens with zero attached hydrogens (tertiary/aromatic N) is 2. The van der Waals surface area contributed by atoms with Crippen LogP contribution >= 0.6 is 15.9 Å². The van der Waals surface area contributed by atoms with Gasteiger partial charge < -0.3 is 9.30 Å². The Hall–Kier alpha value is -2.48. The number of halogens is 1. The number of carbonyl (C=O) groups excluding carboxylic acids is 1. The van der Waals surface area contributed by atoms with Gasteiger partial charge in [-0.1, -0.05) is 0 Å². The van der Waals surface area contributed by atoms with Gasteiger partial charge >= 0.3 is 5.69 Å². The largest absolute Gasteiger partial charge is 0.487 e. The fourth-order valence-electron chi connectivity index (χ4n) is 2.00. The van der Waals surface area contributed by atoms with Gasteiger partial charge in [-0.25, -0.2) is 0 Å². The summed E-state index contributed by atoms with van der Waals surface area (Å²) in [4.78, 5) is 22.9. The minimum absolute atomic E-state index is 0.0800. The van der Waals surface area contributed by atoms with E-state index in [0.717, 1.165) is 4.47 Å². The summed E-state index contributed by atoms with van der Waals surface area (Å²) in [7, 11) is 0. The van der Waals surface area contributed by atoms with Crippen LogP contribution in [0.4, 0.5) is 5.69 Å². The molecule has 0 fully saturated rings. The second-order valence-corrected chi connectivity index (χ2v) is 5.57. The van der Waals surface area contributed by atoms with Gasteiger partial charge in [0.15, 0.2) is 11.5 Å². The molecular weight excluding hydrogens is 366 g/mol. The zero-order valence-corrected chi connectivity index (χ0v) is 13.9. The van der Waals surface area contributed by atoms with Crippen LogP contribution in [-0.4, -0.2) is 21.9 Å². The van der Waals surface area contributed by atoms with Crippen molar-refractivity contribution in [3.05, 3.63) is 62.2 Å². The summed E-state index contributed by atoms with van der Waals surface area (Å²) < 4.78 is 7.38. The second kappa shape index (κ2) is 7.19. The minimum atomic E-state index is -0.579. The number of benzene rings is 1. The van der Waals surface area contributed by atoms with E-state index < -0.39 is 4.92 Å². The molecule has 0 aliphatic carbocycles. The Kier molecular flexibility index (Phi) is 5.28. The number of rotatable bonds is 6. The third kappa shape index (κ3) is 4.04. The average Bonchev–Trinajstić information content (AvgIpc) is 2.51. The normalized spacial score (nSPS) is 10.3. The molecule has 0 bridgehead atoms. The Balaban J connectivity index is 2.32. The molecule has 0 saturated carbocycles. The van der Waals surface area contributed by atoms with E-state index >= 15 is 0 Å². The van der Waals surface area contributed by atoms with E-state index in [1.807, 2.05) is 0 Å². The first kappa shape index (κ1) is 16.9. The summed E-state index contributed by atoms with van der Waals surface area (Å²) in [6.07, 6.45) is 1.61. The number of nitro groups is 1. The van der Waals surface area contributed by atoms with Crippen molar-refractivity contribution in [2.24, 2.45) is 0 Å². The van der Waals surface area contributed by atoms with E-state index in [1.54, 1.807) is 25.3 Å². The van der Waals surface area contributed by atoms with Crippen molar-refractivity contribution < 1.29 is 14.5 Å². The first-order chi connectivity index (χ1) is 10.9. The Morgan fingerprint density at radius 1 is 1.39 bits per heavy atom. The molecule has 0 saturated heterocycles. The molecule has 2 rings (SSSR count). The fourth-order valence-corrected chi connectivity index (χ4v) is 2.38. The fraction of sp³-hybridized carbons (Fsp3) is 0.200. The van der Waals surface area contributed by atoms with Crippen molar-refractivity contribution in [2.45, 2.75) is 13.5 Å². The summed E-state index contributed by atoms with van der Waals surface area (Å²) >= 11 is 3.28. The number of carbonyl (C=O) groups is 1. The number of ketones is 1. The Morgan fingerprint density at radius 3 is 2.78 bits per heavy atom. The molecule has 1 aromatic carbocycles. The van der Waals surface area contributed by atoms with E-state index in [0.29, 0.717) is 6.61 Å². The molecule has 120 valence electrons. The van der Waals surface area contributed by atoms with E-state index in [9.17, 15) is 14.9 Å². The van der Waals surface area contributed by atoms with Crippen LogP contribution in [-0.2, 0) is 6.54 Å². The molecular formula is C15H14BrN3O4. The molecule has 0 spiro atoms. The van der Waals surface area contributed by atoms with E-state index in [4.69, 9.17) is 10.1 Å². The summed E-state index contributed by atoms with van der Waals surface area (Å²) in [6, 6.07) is 7.36. The Labute approximate surface area is 140 Å². The lowest BCUT2D eigenvalue weighted by Gasteiger charge is -2.08. The Morgan fingerprint density at radius 2 is 2.13 bits per heavy atom. The smallest absolute Gasteiger partial charge is 0.311 e. The summed E-state index contributed by atoms with van der Waals surface area (Å²) in [6.45, 7) is 1.94. The molecule has 0 atom stereocenters. The first-order valence-electron chi connectivity index (χ1n) is 6.77. The van der Waals surface area contributed by atoms with Crippen LogP contribution < -0.4 is 10.2 Å². The molecule has 0 aliphatic rings. The van der Waals surface area contributed by atoms with Gasteiger partial charge in [0.1, 0.15) is 5.49 Å². The minimum Gasteiger partial charge on any atom is -0.487 e. The SMILES string of the molecule is CCOc1ccc(C(=O)Cn2cc(Br)ccc2=N)cc1[N+](=O)[O-]. The third-order valence-corrected chi connectivity index (χ3v) is 3.55. The van der Waals surface area contributed by atoms with Crippen LogP contribution in [0, 0.1) is 15.5 Å². The molecule has 1 aromatic heterocycles. The number of Topliss-reactive ketones (excluding diaryl/α,β-unsaturated/α-hetero) is 1. The molecule has 23 heavy (non-hydrogen) atoms. The lowest BCUT2D eigenvalue weighted by atomic mass is 10.1. The number of hydrogen-bond acceptors (Lipinski definition) is 5. The maximum absolute atomic E-state index is 12.3. The van der Waals surface area contributed by atoms with Crippen molar-refractivity contribution in [1.82, 2.24) is 4.57 Å². The van der Waals surface area contributed by atoms with Crippen LogP contribution in [0.3, 0.4) is 0 Å². The third-order valence-electron chi connectivity index (χ3n) is 3.08. The monoisotopic (exact) mass is 379 g/mol. The van der Waals surface area contributed by atoms with Gasteiger partial charge in [-0.2, -0.15) is 0 Å². The highest BCUT2D eigenvalue weighted by molar-refractivity contribution is 9.10. The highest BCUT2D eigenvalue weighted by Gasteiger charge is 2.18. The second-order valence-electron chi connectivity index (χ2n) is 4.66. The lowest BCUT2D eigenvalue weighted by Crippen LogP contribution is -2.23. The van der Waals surface area contributed by atoms with E-state index in [1.165, 1.54) is 22.8 Å². The first-order valence-corrected chi connectivity index (χ1v) is 7.56. The maximum Gasteiger partial charge on any atom is 0.311 e. The van der Waals surface area contributed by atoms with Crippen molar-refractivity contribution in [2.75, 3.05) is 6.61 Å². The molecule has 0 unspecified atom stereocenters. The van der Waals surface area contributed by atoms with Gasteiger partial charge in [0, 0.05) is 22.3 Å². The van der Waals surface area contributed by atoms with E-state index in [2.05, 4.69) is 15.9 Å². The highest BCUT2D eigenvalue weighted by Crippen LogP contribution is 2.28. The zero-order chi connectivity index (χ0) is 17.0. The van der Waals surface area contributed by atoms with Gasteiger partial charge in [0.05, 0.1) is 18.1 Å². The van der Waals surface area contributed by atoms with Gasteiger partial charge in [-0.3, -0.25) is 20.3 Å². The summed E-state index contributed by atoms with van der Waals surface area (Å²) in [5.41, 5.74) is 0.122. The molecule has 0 radical (unpaired) electrons. The number of pyridine rings is 1. The van der Waals surface area contributed by atoms with Gasteiger partial charge in [0.25, 0.3) is 0 Å². The van der Waals surface area contributed by atoms with E-state index in [-0.39, 0.29) is 34.8 Å². The zero-order valence-electron chi connectivity index (χ0n) is 12.3. The molecule has 0 amide bonds. The van der Waals surface area contributed by atoms with Crippen LogP contribution in [0.15, 0.2) is 41.0 Å². The van der Waals surface area contributed by atoms with Crippen molar-refractivity contribution >= 4 is 27.4 Å². The maximum atomic E-state index is 12.3. The molecule has 7 nitrogen and oxygen atoms in total. The topological polar surface area (TPSA) is 98.2 Å². The number of hydrogen-bond donors (Lipinski definition) is 1. The van der Waals surface area contributed by atoms with Crippen molar-refractivity contribution in [3.63, 3.8) is 0 Å². The van der Waals surface area contributed by atoms with Crippen LogP contribution in [0.2, 0.25) is 0 Å². The van der Waals surface area contributed by atoms with Gasteiger partial charge in [0.2, 0.25) is 0 Å². The van der Waals surface area contributed by atoms with Gasteiger partial charge in [-0.15, -0.1) is 0 Å². The number of nitrogens with one attached hydrogen (secondary N) is 1. The predicted molar refractivity (Wildman–Crippen MR) is 86.6 cm³/mol.